The minimum absolute atomic E-state index is 0.551. The van der Waals surface area contributed by atoms with E-state index in [0.29, 0.717) is 4.57 Å². The van der Waals surface area contributed by atoms with Crippen LogP contribution in [0.1, 0.15) is 40.8 Å². The average Bonchev–Trinajstić information content (AvgIpc) is 3.22. The molecule has 0 bridgehead atoms. The van der Waals surface area contributed by atoms with Crippen LogP contribution >= 0.6 is 19.4 Å². The molecule has 2 aliphatic rings. The number of alkyl halides is 2. The highest BCUT2D eigenvalue weighted by molar-refractivity contribution is 7.48. The number of carbonyl (C=O) groups excluding carboxylic acids is 2. The molecule has 14 nitrogen and oxygen atoms in total. The maximum atomic E-state index is 15.5. The van der Waals surface area contributed by atoms with Crippen LogP contribution in [0.5, 0.6) is 0 Å². The van der Waals surface area contributed by atoms with Crippen molar-refractivity contribution in [1.29, 1.82) is 0 Å². The van der Waals surface area contributed by atoms with Gasteiger partial charge in [0.15, 0.2) is 18.0 Å². The first-order valence-corrected chi connectivity index (χ1v) is 13.3. The molecular weight excluding hydrogens is 558 g/mol. The molecule has 2 heterocycles. The summed E-state index contributed by atoms with van der Waals surface area (Å²) in [6, 6.07) is 0.944. The van der Waals surface area contributed by atoms with Crippen LogP contribution < -0.4 is 11.2 Å². The van der Waals surface area contributed by atoms with E-state index >= 15 is 4.39 Å². The minimum atomic E-state index is -4.83. The van der Waals surface area contributed by atoms with Gasteiger partial charge in [-0.3, -0.25) is 28.5 Å². The van der Waals surface area contributed by atoms with Crippen LogP contribution in [0.3, 0.4) is 0 Å². The number of phosphoric acid groups is 1. The van der Waals surface area contributed by atoms with E-state index in [2.05, 4.69) is 0 Å². The Labute approximate surface area is 220 Å². The Hall–Kier alpha value is -2.13. The van der Waals surface area contributed by atoms with Crippen LogP contribution in [-0.2, 0) is 41.9 Å². The Balaban J connectivity index is 1.79. The Bertz CT molecular complexity index is 1230. The molecule has 6 unspecified atom stereocenters. The van der Waals surface area contributed by atoms with Crippen molar-refractivity contribution in [3.63, 3.8) is 0 Å². The lowest BCUT2D eigenvalue weighted by Crippen LogP contribution is -2.40. The van der Waals surface area contributed by atoms with Crippen molar-refractivity contribution in [2.24, 2.45) is 11.3 Å². The molecule has 3 rings (SSSR count). The molecule has 17 heteroatoms. The van der Waals surface area contributed by atoms with E-state index < -0.39 is 91.5 Å². The second-order valence-corrected chi connectivity index (χ2v) is 11.9. The summed E-state index contributed by atoms with van der Waals surface area (Å²) in [5.74, 6) is -2.58. The van der Waals surface area contributed by atoms with Gasteiger partial charge in [0.25, 0.3) is 5.56 Å². The number of nitrogens with one attached hydrogen (secondary N) is 1. The number of hydrogen-bond acceptors (Lipinski definition) is 12. The van der Waals surface area contributed by atoms with Gasteiger partial charge in [-0.15, -0.1) is 11.6 Å². The zero-order valence-corrected chi connectivity index (χ0v) is 22.8. The number of fused-ring (bicyclic) bond motifs is 1. The van der Waals surface area contributed by atoms with Crippen molar-refractivity contribution >= 4 is 31.4 Å². The van der Waals surface area contributed by atoms with Gasteiger partial charge in [0.1, 0.15) is 11.7 Å². The number of aromatic nitrogens is 2. The number of aromatic amines is 1. The maximum absolute atomic E-state index is 15.5. The molecule has 1 aromatic heterocycles. The molecule has 0 radical (unpaired) electrons. The van der Waals surface area contributed by atoms with Crippen LogP contribution in [0.2, 0.25) is 0 Å². The highest BCUT2D eigenvalue weighted by Crippen LogP contribution is 2.69. The zero-order valence-electron chi connectivity index (χ0n) is 21.2. The summed E-state index contributed by atoms with van der Waals surface area (Å²) in [4.78, 5) is 49.1. The van der Waals surface area contributed by atoms with Gasteiger partial charge in [0.05, 0.1) is 17.2 Å². The fraction of sp³-hybridized carbons (Fsp3) is 0.714. The lowest BCUT2D eigenvalue weighted by molar-refractivity contribution is -0.162. The zero-order chi connectivity index (χ0) is 28.7. The maximum Gasteiger partial charge on any atom is 0.481 e. The summed E-state index contributed by atoms with van der Waals surface area (Å²) in [6.45, 7) is 5.89. The lowest BCUT2D eigenvalue weighted by atomic mass is 9.98. The monoisotopic (exact) mass is 586 g/mol. The highest BCUT2D eigenvalue weighted by Gasteiger charge is 2.90. The molecular formula is C21H29ClFN2O12P. The summed E-state index contributed by atoms with van der Waals surface area (Å²) < 4.78 is 60.1. The van der Waals surface area contributed by atoms with Crippen molar-refractivity contribution in [2.75, 3.05) is 19.5 Å². The Morgan fingerprint density at radius 3 is 2.37 bits per heavy atom. The summed E-state index contributed by atoms with van der Waals surface area (Å²) >= 11 is 5.98. The number of nitrogens with zero attached hydrogens (tertiary/aromatic N) is 1. The van der Waals surface area contributed by atoms with Gasteiger partial charge in [-0.25, -0.2) is 22.8 Å². The third-order valence-corrected chi connectivity index (χ3v) is 7.58. The van der Waals surface area contributed by atoms with Crippen LogP contribution in [-0.4, -0.2) is 69.5 Å². The number of ether oxygens (including phenoxy) is 3. The van der Waals surface area contributed by atoms with Gasteiger partial charge in [-0.1, -0.05) is 13.8 Å². The van der Waals surface area contributed by atoms with Crippen molar-refractivity contribution in [1.82, 2.24) is 9.55 Å². The van der Waals surface area contributed by atoms with Crippen molar-refractivity contribution in [3.8, 4) is 0 Å². The first kappa shape index (κ1) is 30.4. The molecule has 2 N–H and O–H groups in total. The molecule has 1 saturated carbocycles. The number of carbonyl (C=O) groups is 2. The van der Waals surface area contributed by atoms with E-state index in [1.807, 2.05) is 4.98 Å². The molecule has 214 valence electrons. The molecule has 0 amide bonds. The first-order chi connectivity index (χ1) is 17.5. The quantitative estimate of drug-likeness (QED) is 0.165. The number of phosphoric ester groups is 1. The topological polar surface area (TPSA) is 182 Å². The van der Waals surface area contributed by atoms with E-state index in [9.17, 15) is 28.8 Å². The second-order valence-electron chi connectivity index (χ2n) is 10.0. The SMILES string of the molecule is CC(C)C(=O)OCOP(=O)(OCOC(=O)C(C)(C)C)OC1C2(CCl)OC(n3ccc(=O)[nH]c3=O)C(F)C12O. The molecule has 2 fully saturated rings. The summed E-state index contributed by atoms with van der Waals surface area (Å²) in [6.07, 6.45) is -4.86. The summed E-state index contributed by atoms with van der Waals surface area (Å²) in [5.41, 5.74) is -7.24. The molecule has 0 spiro atoms. The van der Waals surface area contributed by atoms with Crippen LogP contribution in [0.15, 0.2) is 21.9 Å². The number of esters is 2. The standard InChI is InChI=1S/C21H29ClFN2O12P/c1-11(2)15(27)32-9-34-38(31,35-10-33-17(28)19(3,4)5)37-16-20(8-22)21(16,30)13(23)14(36-20)25-7-6-12(26)24-18(25)29/h6-7,11,13-14,16,30H,8-10H2,1-5H3,(H,24,26,29). The number of aliphatic hydroxyl groups is 1. The molecule has 0 aromatic carbocycles. The molecule has 1 aliphatic carbocycles. The third kappa shape index (κ3) is 5.60. The van der Waals surface area contributed by atoms with Crippen LogP contribution in [0.25, 0.3) is 0 Å². The Morgan fingerprint density at radius 2 is 1.87 bits per heavy atom. The van der Waals surface area contributed by atoms with Gasteiger partial charge >= 0.3 is 25.5 Å². The van der Waals surface area contributed by atoms with Crippen LogP contribution in [0.4, 0.5) is 4.39 Å². The third-order valence-electron chi connectivity index (χ3n) is 5.87. The smallest absolute Gasteiger partial charge is 0.438 e. The molecule has 38 heavy (non-hydrogen) atoms. The predicted octanol–water partition coefficient (Wildman–Crippen LogP) is 1.36. The largest absolute Gasteiger partial charge is 0.481 e. The molecule has 1 aromatic rings. The number of H-pyrrole nitrogens is 1. The predicted molar refractivity (Wildman–Crippen MR) is 126 cm³/mol. The van der Waals surface area contributed by atoms with Gasteiger partial charge < -0.3 is 19.3 Å². The van der Waals surface area contributed by atoms with E-state index in [1.54, 1.807) is 20.8 Å². The summed E-state index contributed by atoms with van der Waals surface area (Å²) in [5, 5.41) is 11.1. The fourth-order valence-electron chi connectivity index (χ4n) is 3.61. The Morgan fingerprint density at radius 1 is 1.26 bits per heavy atom. The highest BCUT2D eigenvalue weighted by atomic mass is 35.5. The van der Waals surface area contributed by atoms with Crippen molar-refractivity contribution in [3.05, 3.63) is 33.1 Å². The molecule has 1 saturated heterocycles. The van der Waals surface area contributed by atoms with Gasteiger partial charge in [0, 0.05) is 12.3 Å². The average molecular weight is 587 g/mol. The van der Waals surface area contributed by atoms with Gasteiger partial charge in [-0.05, 0) is 20.8 Å². The fourth-order valence-corrected chi connectivity index (χ4v) is 5.18. The number of rotatable bonds is 11. The first-order valence-electron chi connectivity index (χ1n) is 11.4. The van der Waals surface area contributed by atoms with Crippen molar-refractivity contribution < 1.29 is 51.4 Å². The van der Waals surface area contributed by atoms with Gasteiger partial charge in [0.2, 0.25) is 13.6 Å². The molecule has 6 atom stereocenters. The minimum Gasteiger partial charge on any atom is -0.438 e. The molecule has 1 aliphatic heterocycles. The van der Waals surface area contributed by atoms with E-state index in [-0.39, 0.29) is 0 Å². The van der Waals surface area contributed by atoms with E-state index in [1.165, 1.54) is 13.8 Å². The second kappa shape index (κ2) is 10.8. The van der Waals surface area contributed by atoms with E-state index in [4.69, 9.17) is 39.4 Å². The summed E-state index contributed by atoms with van der Waals surface area (Å²) in [7, 11) is -4.83. The van der Waals surface area contributed by atoms with Crippen molar-refractivity contribution in [2.45, 2.75) is 64.3 Å². The Kier molecular flexibility index (Phi) is 8.64. The lowest BCUT2D eigenvalue weighted by Gasteiger charge is -2.25. The number of halogens is 2. The normalized spacial score (nSPS) is 30.0. The van der Waals surface area contributed by atoms with E-state index in [0.717, 1.165) is 12.3 Å². The van der Waals surface area contributed by atoms with Gasteiger partial charge in [-0.2, -0.15) is 0 Å². The van der Waals surface area contributed by atoms with Crippen LogP contribution in [0, 0.1) is 11.3 Å². The number of hydrogen-bond donors (Lipinski definition) is 2.